The van der Waals surface area contributed by atoms with Gasteiger partial charge in [0.25, 0.3) is 11.7 Å². The second kappa shape index (κ2) is 2.64. The number of nitrogens with zero attached hydrogens (tertiary/aromatic N) is 1. The number of rotatable bonds is 0. The molecule has 2 rings (SSSR count). The molecule has 14 heavy (non-hydrogen) atoms. The highest BCUT2D eigenvalue weighted by Gasteiger charge is 2.34. The van der Waals surface area contributed by atoms with Crippen molar-refractivity contribution >= 4 is 17.4 Å². The molecule has 0 spiro atoms. The van der Waals surface area contributed by atoms with Gasteiger partial charge in [-0.25, -0.2) is 4.39 Å². The summed E-state index contributed by atoms with van der Waals surface area (Å²) in [7, 11) is 1.51. The predicted molar refractivity (Wildman–Crippen MR) is 48.9 cm³/mol. The Morgan fingerprint density at radius 2 is 1.93 bits per heavy atom. The number of hydrogen-bond donors (Lipinski definition) is 0. The topological polar surface area (TPSA) is 37.4 Å². The van der Waals surface area contributed by atoms with Crippen LogP contribution in [0.15, 0.2) is 12.1 Å². The third kappa shape index (κ3) is 0.968. The number of hydrogen-bond acceptors (Lipinski definition) is 2. The number of halogens is 1. The molecule has 0 N–H and O–H groups in total. The van der Waals surface area contributed by atoms with Crippen LogP contribution in [0.2, 0.25) is 0 Å². The summed E-state index contributed by atoms with van der Waals surface area (Å²) in [5.74, 6) is -1.73. The van der Waals surface area contributed by atoms with Gasteiger partial charge in [-0.15, -0.1) is 0 Å². The lowest BCUT2D eigenvalue weighted by atomic mass is 10.1. The molecule has 1 aliphatic rings. The Balaban J connectivity index is 2.75. The third-order valence-electron chi connectivity index (χ3n) is 2.34. The highest BCUT2D eigenvalue weighted by Crippen LogP contribution is 2.31. The van der Waals surface area contributed by atoms with Gasteiger partial charge in [0.15, 0.2) is 0 Å². The van der Waals surface area contributed by atoms with E-state index in [1.165, 1.54) is 18.0 Å². The Labute approximate surface area is 80.1 Å². The quantitative estimate of drug-likeness (QED) is 0.582. The van der Waals surface area contributed by atoms with Crippen LogP contribution in [0.1, 0.15) is 15.9 Å². The molecule has 1 aromatic carbocycles. The van der Waals surface area contributed by atoms with Gasteiger partial charge in [0.2, 0.25) is 0 Å². The molecule has 1 aliphatic heterocycles. The molecule has 4 heteroatoms. The first-order chi connectivity index (χ1) is 6.52. The zero-order valence-corrected chi connectivity index (χ0v) is 7.80. The first-order valence-corrected chi connectivity index (χ1v) is 4.15. The second-order valence-electron chi connectivity index (χ2n) is 3.31. The summed E-state index contributed by atoms with van der Waals surface area (Å²) in [6.07, 6.45) is 0. The molecule has 0 saturated carbocycles. The molecule has 1 heterocycles. The van der Waals surface area contributed by atoms with Gasteiger partial charge >= 0.3 is 0 Å². The summed E-state index contributed by atoms with van der Waals surface area (Å²) in [5, 5.41) is 0. The van der Waals surface area contributed by atoms with E-state index in [2.05, 4.69) is 0 Å². The molecule has 0 unspecified atom stereocenters. The van der Waals surface area contributed by atoms with Crippen molar-refractivity contribution in [3.63, 3.8) is 0 Å². The number of fused-ring (bicyclic) bond motifs is 1. The normalized spacial score (nSPS) is 14.9. The maximum Gasteiger partial charge on any atom is 0.299 e. The van der Waals surface area contributed by atoms with Gasteiger partial charge in [-0.3, -0.25) is 9.59 Å². The fourth-order valence-electron chi connectivity index (χ4n) is 1.72. The van der Waals surface area contributed by atoms with Gasteiger partial charge in [-0.2, -0.15) is 0 Å². The van der Waals surface area contributed by atoms with Gasteiger partial charge in [-0.05, 0) is 24.6 Å². The van der Waals surface area contributed by atoms with Crippen LogP contribution in [0.3, 0.4) is 0 Å². The standard InChI is InChI=1S/C10H8FNO2/c1-5-3-6(11)4-7-8(5)12(2)10(14)9(7)13/h3-4H,1-2H3. The Bertz CT molecular complexity index is 454. The molecule has 0 fully saturated rings. The monoisotopic (exact) mass is 193 g/mol. The molecule has 3 nitrogen and oxygen atoms in total. The fraction of sp³-hybridized carbons (Fsp3) is 0.200. The minimum Gasteiger partial charge on any atom is -0.308 e. The number of carbonyl (C=O) groups excluding carboxylic acids is 2. The summed E-state index contributed by atoms with van der Waals surface area (Å²) in [6.45, 7) is 1.67. The van der Waals surface area contributed by atoms with E-state index in [1.807, 2.05) is 0 Å². The highest BCUT2D eigenvalue weighted by atomic mass is 19.1. The molecule has 0 atom stereocenters. The van der Waals surface area contributed by atoms with E-state index in [0.717, 1.165) is 6.07 Å². The Hall–Kier alpha value is -1.71. The van der Waals surface area contributed by atoms with Crippen molar-refractivity contribution < 1.29 is 14.0 Å². The predicted octanol–water partition coefficient (Wildman–Crippen LogP) is 1.29. The summed E-state index contributed by atoms with van der Waals surface area (Å²) in [4.78, 5) is 23.9. The number of likely N-dealkylation sites (N-methyl/N-ethyl adjacent to an activating group) is 1. The van der Waals surface area contributed by atoms with Crippen molar-refractivity contribution in [2.45, 2.75) is 6.92 Å². The van der Waals surface area contributed by atoms with E-state index in [-0.39, 0.29) is 5.56 Å². The number of carbonyl (C=O) groups is 2. The minimum absolute atomic E-state index is 0.162. The van der Waals surface area contributed by atoms with Gasteiger partial charge in [0.1, 0.15) is 5.82 Å². The maximum atomic E-state index is 13.0. The summed E-state index contributed by atoms with van der Waals surface area (Å²) >= 11 is 0. The molecule has 1 amide bonds. The van der Waals surface area contributed by atoms with Gasteiger partial charge in [0.05, 0.1) is 11.3 Å². The number of Topliss-reactive ketones (excluding diaryl/α,β-unsaturated/α-hetero) is 1. The molecule has 0 aliphatic carbocycles. The van der Waals surface area contributed by atoms with Gasteiger partial charge in [0, 0.05) is 7.05 Å². The number of ketones is 1. The van der Waals surface area contributed by atoms with E-state index < -0.39 is 17.5 Å². The van der Waals surface area contributed by atoms with Crippen LogP contribution in [0, 0.1) is 12.7 Å². The van der Waals surface area contributed by atoms with Crippen molar-refractivity contribution in [2.75, 3.05) is 11.9 Å². The SMILES string of the molecule is Cc1cc(F)cc2c1N(C)C(=O)C2=O. The first kappa shape index (κ1) is 8.87. The van der Waals surface area contributed by atoms with Crippen molar-refractivity contribution in [3.05, 3.63) is 29.1 Å². The van der Waals surface area contributed by atoms with Crippen LogP contribution < -0.4 is 4.90 Å². The summed E-state index contributed by atoms with van der Waals surface area (Å²) in [5.41, 5.74) is 1.28. The molecular weight excluding hydrogens is 185 g/mol. The van der Waals surface area contributed by atoms with E-state index in [1.54, 1.807) is 6.92 Å². The lowest BCUT2D eigenvalue weighted by Crippen LogP contribution is -2.25. The molecule has 0 aromatic heterocycles. The van der Waals surface area contributed by atoms with Crippen LogP contribution in [-0.2, 0) is 4.79 Å². The van der Waals surface area contributed by atoms with E-state index in [4.69, 9.17) is 0 Å². The summed E-state index contributed by atoms with van der Waals surface area (Å²) < 4.78 is 13.0. The van der Waals surface area contributed by atoms with Crippen LogP contribution in [0.25, 0.3) is 0 Å². The third-order valence-corrected chi connectivity index (χ3v) is 2.34. The van der Waals surface area contributed by atoms with Crippen molar-refractivity contribution in [2.24, 2.45) is 0 Å². The Morgan fingerprint density at radius 1 is 1.29 bits per heavy atom. The fourth-order valence-corrected chi connectivity index (χ4v) is 1.72. The van der Waals surface area contributed by atoms with E-state index in [9.17, 15) is 14.0 Å². The van der Waals surface area contributed by atoms with Gasteiger partial charge in [-0.1, -0.05) is 0 Å². The lowest BCUT2D eigenvalue weighted by Gasteiger charge is -2.11. The molecule has 72 valence electrons. The average molecular weight is 193 g/mol. The molecule has 1 aromatic rings. The van der Waals surface area contributed by atoms with Crippen LogP contribution >= 0.6 is 0 Å². The smallest absolute Gasteiger partial charge is 0.299 e. The molecule has 0 radical (unpaired) electrons. The number of amides is 1. The molecule has 0 saturated heterocycles. The Kier molecular flexibility index (Phi) is 1.67. The van der Waals surface area contributed by atoms with Crippen molar-refractivity contribution in [3.8, 4) is 0 Å². The maximum absolute atomic E-state index is 13.0. The van der Waals surface area contributed by atoms with E-state index in [0.29, 0.717) is 11.3 Å². The zero-order valence-electron chi connectivity index (χ0n) is 7.80. The lowest BCUT2D eigenvalue weighted by molar-refractivity contribution is -0.114. The summed E-state index contributed by atoms with van der Waals surface area (Å²) in [6, 6.07) is 2.41. The van der Waals surface area contributed by atoms with Crippen LogP contribution in [0.5, 0.6) is 0 Å². The molecule has 0 bridgehead atoms. The highest BCUT2D eigenvalue weighted by molar-refractivity contribution is 6.52. The number of benzene rings is 1. The second-order valence-corrected chi connectivity index (χ2v) is 3.31. The van der Waals surface area contributed by atoms with Crippen LogP contribution in [-0.4, -0.2) is 18.7 Å². The average Bonchev–Trinajstić information content (AvgIpc) is 2.31. The number of aryl methyl sites for hydroxylation is 1. The Morgan fingerprint density at radius 3 is 2.57 bits per heavy atom. The van der Waals surface area contributed by atoms with Crippen molar-refractivity contribution in [1.29, 1.82) is 0 Å². The van der Waals surface area contributed by atoms with Crippen molar-refractivity contribution in [1.82, 2.24) is 0 Å². The zero-order chi connectivity index (χ0) is 10.5. The molecular formula is C10H8FNO2. The van der Waals surface area contributed by atoms with Crippen LogP contribution in [0.4, 0.5) is 10.1 Å². The minimum atomic E-state index is -0.634. The number of anilines is 1. The van der Waals surface area contributed by atoms with E-state index >= 15 is 0 Å². The largest absolute Gasteiger partial charge is 0.308 e. The first-order valence-electron chi connectivity index (χ1n) is 4.15. The van der Waals surface area contributed by atoms with Gasteiger partial charge < -0.3 is 4.90 Å².